The molecule has 0 unspecified atom stereocenters. The highest BCUT2D eigenvalue weighted by Gasteiger charge is 2.84. The van der Waals surface area contributed by atoms with Crippen LogP contribution < -0.4 is 0 Å². The van der Waals surface area contributed by atoms with E-state index in [-0.39, 0.29) is 63.5 Å². The third-order valence-electron chi connectivity index (χ3n) is 15.4. The van der Waals surface area contributed by atoms with Crippen molar-refractivity contribution >= 4 is 11.9 Å². The van der Waals surface area contributed by atoms with E-state index in [9.17, 15) is 19.8 Å². The molecule has 1 aromatic heterocycles. The maximum absolute atomic E-state index is 13.1. The fourth-order valence-electron chi connectivity index (χ4n) is 13.4. The Morgan fingerprint density at radius 2 is 1.77 bits per heavy atom. The third-order valence-corrected chi connectivity index (χ3v) is 15.4. The maximum Gasteiger partial charge on any atom is 0.312 e. The molecule has 7 rings (SSSR count). The summed E-state index contributed by atoms with van der Waals surface area (Å²) < 4.78 is 18.7. The molecule has 6 fully saturated rings. The predicted octanol–water partition coefficient (Wildman–Crippen LogP) is 6.05. The second-order valence-corrected chi connectivity index (χ2v) is 18.2. The molecule has 1 saturated heterocycles. The van der Waals surface area contributed by atoms with Gasteiger partial charge in [0.1, 0.15) is 6.10 Å². The first-order chi connectivity index (χ1) is 21.9. The van der Waals surface area contributed by atoms with Crippen LogP contribution in [0, 0.1) is 50.7 Å². The molecule has 2 N–H and O–H groups in total. The van der Waals surface area contributed by atoms with Gasteiger partial charge >= 0.3 is 11.9 Å². The molecule has 8 heteroatoms. The molecule has 0 bridgehead atoms. The molecule has 1 aromatic rings. The summed E-state index contributed by atoms with van der Waals surface area (Å²) in [6.45, 7) is 16.4. The summed E-state index contributed by atoms with van der Waals surface area (Å²) in [7, 11) is 0. The van der Waals surface area contributed by atoms with Crippen LogP contribution in [-0.2, 0) is 30.2 Å². The maximum atomic E-state index is 13.1. The first-order valence-corrected chi connectivity index (χ1v) is 18.2. The van der Waals surface area contributed by atoms with Crippen LogP contribution in [0.5, 0.6) is 0 Å². The van der Waals surface area contributed by atoms with Gasteiger partial charge in [-0.3, -0.25) is 14.6 Å². The Bertz CT molecular complexity index is 1410. The molecule has 13 atom stereocenters. The van der Waals surface area contributed by atoms with E-state index in [1.807, 2.05) is 18.2 Å². The van der Waals surface area contributed by atoms with Gasteiger partial charge in [-0.25, -0.2) is 0 Å². The molecule has 0 radical (unpaired) electrons. The number of hydrogen-bond donors (Lipinski definition) is 2. The highest BCUT2D eigenvalue weighted by molar-refractivity contribution is 5.72. The number of aromatic nitrogens is 1. The Morgan fingerprint density at radius 3 is 2.43 bits per heavy atom. The topological polar surface area (TPSA) is 115 Å². The lowest BCUT2D eigenvalue weighted by atomic mass is 9.41. The minimum Gasteiger partial charge on any atom is -0.461 e. The molecule has 0 aromatic carbocycles. The summed E-state index contributed by atoms with van der Waals surface area (Å²) >= 11 is 0. The summed E-state index contributed by atoms with van der Waals surface area (Å²) in [4.78, 5) is 29.5. The number of pyridine rings is 1. The quantitative estimate of drug-likeness (QED) is 0.357. The third kappa shape index (κ3) is 4.59. The van der Waals surface area contributed by atoms with Crippen molar-refractivity contribution in [3.8, 4) is 0 Å². The molecule has 260 valence electrons. The van der Waals surface area contributed by atoms with E-state index < -0.39 is 29.9 Å². The van der Waals surface area contributed by atoms with Crippen molar-refractivity contribution in [3.05, 3.63) is 30.1 Å². The number of aliphatic hydroxyl groups is 2. The van der Waals surface area contributed by atoms with Crippen LogP contribution in [0.1, 0.15) is 112 Å². The van der Waals surface area contributed by atoms with Gasteiger partial charge in [0.15, 0.2) is 6.10 Å². The van der Waals surface area contributed by atoms with Crippen LogP contribution in [0.3, 0.4) is 0 Å². The summed E-state index contributed by atoms with van der Waals surface area (Å²) in [6.07, 6.45) is 7.71. The van der Waals surface area contributed by atoms with Gasteiger partial charge in [-0.2, -0.15) is 0 Å². The number of rotatable bonds is 6. The van der Waals surface area contributed by atoms with Crippen LogP contribution in [0.25, 0.3) is 0 Å². The van der Waals surface area contributed by atoms with E-state index in [1.54, 1.807) is 20.0 Å². The van der Waals surface area contributed by atoms with Crippen LogP contribution in [-0.4, -0.2) is 63.3 Å². The summed E-state index contributed by atoms with van der Waals surface area (Å²) in [5.74, 6) is 0.661. The number of esters is 2. The molecular weight excluding hydrogens is 594 g/mol. The lowest BCUT2D eigenvalue weighted by Gasteiger charge is -2.63. The van der Waals surface area contributed by atoms with E-state index >= 15 is 0 Å². The number of ether oxygens (including phenoxy) is 3. The molecule has 1 aliphatic heterocycles. The number of hydrogen-bond acceptors (Lipinski definition) is 8. The molecular formula is C39H57NO7. The highest BCUT2D eigenvalue weighted by atomic mass is 16.6. The Balaban J connectivity index is 1.13. The lowest BCUT2D eigenvalue weighted by Crippen LogP contribution is -2.60. The zero-order valence-electron chi connectivity index (χ0n) is 29.8. The van der Waals surface area contributed by atoms with Gasteiger partial charge < -0.3 is 24.4 Å². The van der Waals surface area contributed by atoms with E-state index in [2.05, 4.69) is 39.6 Å². The number of fused-ring (bicyclic) bond motifs is 4. The van der Waals surface area contributed by atoms with Gasteiger partial charge in [-0.1, -0.05) is 40.7 Å². The van der Waals surface area contributed by atoms with E-state index in [0.717, 1.165) is 37.8 Å². The standard InChI is InChI=1S/C39H57NO7/c1-22-19-25(33(35(5,6)44)45-23(2)41)46-31-30(22)36(7)16-17-39-21-38(39)15-14-28(47-29(42)20-24-11-9-10-18-40-24)34(3,4)26(38)12-13-27(39)37(36,8)32(31)43/h9-11,18,22,25-28,30-33,43-44H,12-17,19-21H2,1-8H3/t22-,25+,26+,27+,28+,30+,31+,32+,33+,36-,37-,38-,39+/m1/s1. The Labute approximate surface area is 280 Å². The van der Waals surface area contributed by atoms with E-state index in [4.69, 9.17) is 14.2 Å². The van der Waals surface area contributed by atoms with Crippen molar-refractivity contribution < 1.29 is 34.0 Å². The molecule has 0 amide bonds. The zero-order valence-corrected chi connectivity index (χ0v) is 29.8. The van der Waals surface area contributed by atoms with Gasteiger partial charge in [0.2, 0.25) is 0 Å². The number of nitrogens with zero attached hydrogens (tertiary/aromatic N) is 1. The second kappa shape index (κ2) is 10.7. The van der Waals surface area contributed by atoms with E-state index in [0.29, 0.717) is 18.3 Å². The van der Waals surface area contributed by atoms with Crippen molar-refractivity contribution in [3.63, 3.8) is 0 Å². The van der Waals surface area contributed by atoms with Gasteiger partial charge in [0.25, 0.3) is 0 Å². The molecule has 5 saturated carbocycles. The smallest absolute Gasteiger partial charge is 0.312 e. The molecule has 8 nitrogen and oxygen atoms in total. The largest absolute Gasteiger partial charge is 0.461 e. The van der Waals surface area contributed by atoms with Crippen molar-refractivity contribution in [2.75, 3.05) is 0 Å². The molecule has 47 heavy (non-hydrogen) atoms. The fourth-order valence-corrected chi connectivity index (χ4v) is 13.4. The minimum absolute atomic E-state index is 0.0899. The summed E-state index contributed by atoms with van der Waals surface area (Å²) in [5.41, 5.74) is -0.664. The first kappa shape index (κ1) is 33.5. The Morgan fingerprint density at radius 1 is 1.06 bits per heavy atom. The molecule has 2 heterocycles. The molecule has 5 aliphatic carbocycles. The number of carbonyl (C=O) groups is 2. The summed E-state index contributed by atoms with van der Waals surface area (Å²) in [6, 6.07) is 5.64. The monoisotopic (exact) mass is 651 g/mol. The van der Waals surface area contributed by atoms with Crippen LogP contribution in [0.4, 0.5) is 0 Å². The lowest BCUT2D eigenvalue weighted by molar-refractivity contribution is -0.216. The Hall–Kier alpha value is -2.03. The van der Waals surface area contributed by atoms with Gasteiger partial charge in [0.05, 0.1) is 36.0 Å². The summed E-state index contributed by atoms with van der Waals surface area (Å²) in [5, 5.41) is 23.5. The van der Waals surface area contributed by atoms with Crippen LogP contribution >= 0.6 is 0 Å². The normalized spacial score (nSPS) is 46.9. The highest BCUT2D eigenvalue weighted by Crippen LogP contribution is 2.89. The fraction of sp³-hybridized carbons (Fsp3) is 0.821. The van der Waals surface area contributed by atoms with Crippen molar-refractivity contribution in [2.45, 2.75) is 149 Å². The SMILES string of the molecule is CC(=O)O[C@@H]([C@@H]1C[C@@H](C)[C@H]2[C@H](O1)[C@H](O)[C@@]1(C)[C@@H]3CC[C@H]4C(C)(C)[C@@H](OC(=O)Cc5ccccn5)CC[C@@]45C[C@@]35CC[C@]21C)C(C)(C)O. The average Bonchev–Trinajstić information content (AvgIpc) is 3.62. The van der Waals surface area contributed by atoms with E-state index in [1.165, 1.54) is 19.8 Å². The average molecular weight is 652 g/mol. The van der Waals surface area contributed by atoms with Crippen LogP contribution in [0.2, 0.25) is 0 Å². The van der Waals surface area contributed by atoms with Gasteiger partial charge in [0, 0.05) is 24.0 Å². The van der Waals surface area contributed by atoms with Crippen molar-refractivity contribution in [1.82, 2.24) is 4.98 Å². The number of carbonyl (C=O) groups excluding carboxylic acids is 2. The Kier molecular flexibility index (Phi) is 7.64. The van der Waals surface area contributed by atoms with Gasteiger partial charge in [-0.05, 0) is 117 Å². The van der Waals surface area contributed by atoms with Gasteiger partial charge in [-0.15, -0.1) is 0 Å². The van der Waals surface area contributed by atoms with Crippen molar-refractivity contribution in [2.24, 2.45) is 50.7 Å². The molecule has 2 spiro atoms. The predicted molar refractivity (Wildman–Crippen MR) is 176 cm³/mol. The minimum atomic E-state index is -1.27. The zero-order chi connectivity index (χ0) is 33.9. The molecule has 6 aliphatic rings. The first-order valence-electron chi connectivity index (χ1n) is 18.2. The second-order valence-electron chi connectivity index (χ2n) is 18.2. The number of aliphatic hydroxyl groups excluding tert-OH is 1. The van der Waals surface area contributed by atoms with Crippen LogP contribution in [0.15, 0.2) is 24.4 Å². The van der Waals surface area contributed by atoms with Crippen molar-refractivity contribution in [1.29, 1.82) is 0 Å².